The molecule has 0 aliphatic carbocycles. The molecule has 1 rings (SSSR count). The molecule has 0 aromatic carbocycles. The second-order valence-electron chi connectivity index (χ2n) is 3.44. The van der Waals surface area contributed by atoms with Crippen LogP contribution in [0.3, 0.4) is 0 Å². The van der Waals surface area contributed by atoms with Crippen LogP contribution >= 0.6 is 0 Å². The Balaban J connectivity index is 2.12. The van der Waals surface area contributed by atoms with Gasteiger partial charge in [0.1, 0.15) is 0 Å². The fraction of sp³-hybridized carbons (Fsp3) is 1.00. The van der Waals surface area contributed by atoms with Crippen LogP contribution in [0.15, 0.2) is 0 Å². The van der Waals surface area contributed by atoms with Gasteiger partial charge in [-0.15, -0.1) is 0 Å². The second kappa shape index (κ2) is 5.55. The van der Waals surface area contributed by atoms with Gasteiger partial charge in [0.05, 0.1) is 6.61 Å². The summed E-state index contributed by atoms with van der Waals surface area (Å²) in [5, 5.41) is 0. The van der Waals surface area contributed by atoms with Crippen LogP contribution in [0.1, 0.15) is 33.1 Å². The van der Waals surface area contributed by atoms with Crippen molar-refractivity contribution in [1.82, 2.24) is 4.90 Å². The van der Waals surface area contributed by atoms with Gasteiger partial charge >= 0.3 is 0 Å². The fourth-order valence-electron chi connectivity index (χ4n) is 1.98. The molecular weight excluding hydrogens is 150 g/mol. The molecule has 72 valence electrons. The highest BCUT2D eigenvalue weighted by atomic mass is 16.5. The molecule has 1 unspecified atom stereocenters. The Labute approximate surface area is 75.9 Å². The van der Waals surface area contributed by atoms with Gasteiger partial charge in [-0.1, -0.05) is 6.92 Å². The van der Waals surface area contributed by atoms with Crippen molar-refractivity contribution < 1.29 is 4.74 Å². The van der Waals surface area contributed by atoms with Gasteiger partial charge in [-0.3, -0.25) is 4.90 Å². The number of nitrogens with zero attached hydrogens (tertiary/aromatic N) is 1. The minimum atomic E-state index is 0.838. The molecular formula is C10H21NO. The summed E-state index contributed by atoms with van der Waals surface area (Å²) >= 11 is 0. The maximum absolute atomic E-state index is 5.35. The van der Waals surface area contributed by atoms with E-state index in [9.17, 15) is 0 Å². The van der Waals surface area contributed by atoms with Crippen LogP contribution in [0.5, 0.6) is 0 Å². The molecule has 0 spiro atoms. The first-order valence-electron chi connectivity index (χ1n) is 5.20. The molecule has 1 saturated heterocycles. The standard InChI is InChI=1S/C10H21NO/c1-3-10-6-5-7-11(10)8-9-12-4-2/h10H,3-9H2,1-2H3. The number of hydrogen-bond acceptors (Lipinski definition) is 2. The highest BCUT2D eigenvalue weighted by molar-refractivity contribution is 4.77. The van der Waals surface area contributed by atoms with E-state index in [0.717, 1.165) is 25.8 Å². The Hall–Kier alpha value is -0.0800. The van der Waals surface area contributed by atoms with Crippen LogP contribution in [0, 0.1) is 0 Å². The molecule has 0 saturated carbocycles. The van der Waals surface area contributed by atoms with Crippen LogP contribution in [0.4, 0.5) is 0 Å². The van der Waals surface area contributed by atoms with Gasteiger partial charge in [-0.05, 0) is 32.7 Å². The van der Waals surface area contributed by atoms with E-state index >= 15 is 0 Å². The van der Waals surface area contributed by atoms with Gasteiger partial charge in [-0.2, -0.15) is 0 Å². The molecule has 1 aliphatic rings. The molecule has 1 fully saturated rings. The zero-order valence-corrected chi connectivity index (χ0v) is 8.38. The lowest BCUT2D eigenvalue weighted by atomic mass is 10.2. The molecule has 0 radical (unpaired) electrons. The summed E-state index contributed by atoms with van der Waals surface area (Å²) in [5.74, 6) is 0. The molecule has 2 heteroatoms. The van der Waals surface area contributed by atoms with E-state index in [0.29, 0.717) is 0 Å². The van der Waals surface area contributed by atoms with Crippen molar-refractivity contribution in [1.29, 1.82) is 0 Å². The highest BCUT2D eigenvalue weighted by Crippen LogP contribution is 2.18. The quantitative estimate of drug-likeness (QED) is 0.586. The highest BCUT2D eigenvalue weighted by Gasteiger charge is 2.21. The predicted molar refractivity (Wildman–Crippen MR) is 51.4 cm³/mol. The molecule has 0 amide bonds. The zero-order valence-electron chi connectivity index (χ0n) is 8.38. The van der Waals surface area contributed by atoms with E-state index < -0.39 is 0 Å². The van der Waals surface area contributed by atoms with Gasteiger partial charge in [0.2, 0.25) is 0 Å². The molecule has 1 heterocycles. The first kappa shape index (κ1) is 10.0. The van der Waals surface area contributed by atoms with Crippen molar-refractivity contribution in [2.75, 3.05) is 26.3 Å². The minimum absolute atomic E-state index is 0.838. The van der Waals surface area contributed by atoms with Gasteiger partial charge < -0.3 is 4.74 Å². The third-order valence-electron chi connectivity index (χ3n) is 2.70. The van der Waals surface area contributed by atoms with Crippen LogP contribution in [-0.4, -0.2) is 37.2 Å². The van der Waals surface area contributed by atoms with Crippen molar-refractivity contribution in [3.8, 4) is 0 Å². The molecule has 0 aromatic heterocycles. The average molecular weight is 171 g/mol. The molecule has 0 N–H and O–H groups in total. The van der Waals surface area contributed by atoms with E-state index in [2.05, 4.69) is 18.7 Å². The van der Waals surface area contributed by atoms with E-state index in [4.69, 9.17) is 4.74 Å². The van der Waals surface area contributed by atoms with Gasteiger partial charge in [0.15, 0.2) is 0 Å². The van der Waals surface area contributed by atoms with Gasteiger partial charge in [-0.25, -0.2) is 0 Å². The van der Waals surface area contributed by atoms with E-state index in [-0.39, 0.29) is 0 Å². The van der Waals surface area contributed by atoms with Crippen LogP contribution in [0.2, 0.25) is 0 Å². The smallest absolute Gasteiger partial charge is 0.0593 e. The van der Waals surface area contributed by atoms with Crippen molar-refractivity contribution in [3.63, 3.8) is 0 Å². The topological polar surface area (TPSA) is 12.5 Å². The summed E-state index contributed by atoms with van der Waals surface area (Å²) in [6, 6.07) is 0.838. The Kier molecular flexibility index (Phi) is 4.62. The van der Waals surface area contributed by atoms with Crippen LogP contribution < -0.4 is 0 Å². The zero-order chi connectivity index (χ0) is 8.81. The van der Waals surface area contributed by atoms with Crippen molar-refractivity contribution in [3.05, 3.63) is 0 Å². The third-order valence-corrected chi connectivity index (χ3v) is 2.70. The Morgan fingerprint density at radius 2 is 2.25 bits per heavy atom. The van der Waals surface area contributed by atoms with E-state index in [1.165, 1.54) is 25.8 Å². The lowest BCUT2D eigenvalue weighted by Gasteiger charge is -2.22. The monoisotopic (exact) mass is 171 g/mol. The second-order valence-corrected chi connectivity index (χ2v) is 3.44. The number of rotatable bonds is 5. The van der Waals surface area contributed by atoms with Crippen LogP contribution in [-0.2, 0) is 4.74 Å². The maximum atomic E-state index is 5.35. The van der Waals surface area contributed by atoms with Gasteiger partial charge in [0.25, 0.3) is 0 Å². The number of hydrogen-bond donors (Lipinski definition) is 0. The normalized spacial score (nSPS) is 25.0. The SMILES string of the molecule is CCOCCN1CCCC1CC. The van der Waals surface area contributed by atoms with Crippen molar-refractivity contribution >= 4 is 0 Å². The number of ether oxygens (including phenoxy) is 1. The summed E-state index contributed by atoms with van der Waals surface area (Å²) in [7, 11) is 0. The lowest BCUT2D eigenvalue weighted by molar-refractivity contribution is 0.108. The minimum Gasteiger partial charge on any atom is -0.380 e. The Morgan fingerprint density at radius 1 is 1.42 bits per heavy atom. The van der Waals surface area contributed by atoms with E-state index in [1.807, 2.05) is 0 Å². The predicted octanol–water partition coefficient (Wildman–Crippen LogP) is 1.90. The molecule has 0 aromatic rings. The average Bonchev–Trinajstić information content (AvgIpc) is 2.52. The Bertz CT molecular complexity index is 116. The summed E-state index contributed by atoms with van der Waals surface area (Å²) in [6.07, 6.45) is 4.07. The van der Waals surface area contributed by atoms with Crippen molar-refractivity contribution in [2.45, 2.75) is 39.2 Å². The molecule has 12 heavy (non-hydrogen) atoms. The first-order valence-corrected chi connectivity index (χ1v) is 5.20. The molecule has 1 atom stereocenters. The first-order chi connectivity index (χ1) is 5.88. The molecule has 0 bridgehead atoms. The lowest BCUT2D eigenvalue weighted by Crippen LogP contribution is -2.32. The fourth-order valence-corrected chi connectivity index (χ4v) is 1.98. The van der Waals surface area contributed by atoms with E-state index in [1.54, 1.807) is 0 Å². The summed E-state index contributed by atoms with van der Waals surface area (Å²) in [4.78, 5) is 2.57. The molecule has 1 aliphatic heterocycles. The number of likely N-dealkylation sites (tertiary alicyclic amines) is 1. The van der Waals surface area contributed by atoms with Crippen LogP contribution in [0.25, 0.3) is 0 Å². The summed E-state index contributed by atoms with van der Waals surface area (Å²) in [6.45, 7) is 8.51. The molecule has 2 nitrogen and oxygen atoms in total. The summed E-state index contributed by atoms with van der Waals surface area (Å²) < 4.78 is 5.35. The maximum Gasteiger partial charge on any atom is 0.0593 e. The summed E-state index contributed by atoms with van der Waals surface area (Å²) in [5.41, 5.74) is 0. The van der Waals surface area contributed by atoms with Crippen molar-refractivity contribution in [2.24, 2.45) is 0 Å². The largest absolute Gasteiger partial charge is 0.380 e. The third kappa shape index (κ3) is 2.76. The van der Waals surface area contributed by atoms with Gasteiger partial charge in [0, 0.05) is 19.2 Å². The Morgan fingerprint density at radius 3 is 2.92 bits per heavy atom.